The normalized spacial score (nSPS) is 13.4. The first-order chi connectivity index (χ1) is 12.0. The lowest BCUT2D eigenvalue weighted by atomic mass is 9.93. The molecule has 0 fully saturated rings. The summed E-state index contributed by atoms with van der Waals surface area (Å²) in [6.07, 6.45) is 0. The molecule has 4 nitrogen and oxygen atoms in total. The highest BCUT2D eigenvalue weighted by Crippen LogP contribution is 2.34. The van der Waals surface area contributed by atoms with Crippen LogP contribution >= 0.6 is 15.9 Å². The molecule has 5 heteroatoms. The van der Waals surface area contributed by atoms with E-state index >= 15 is 0 Å². The van der Waals surface area contributed by atoms with Crippen molar-refractivity contribution in [2.45, 2.75) is 6.92 Å². The Kier molecular flexibility index (Phi) is 3.54. The van der Waals surface area contributed by atoms with Crippen molar-refractivity contribution >= 4 is 50.0 Å². The molecule has 3 aromatic rings. The molecule has 2 amide bonds. The molecule has 1 heterocycles. The first-order valence-electron chi connectivity index (χ1n) is 7.69. The highest BCUT2D eigenvalue weighted by Gasteiger charge is 2.34. The van der Waals surface area contributed by atoms with E-state index in [1.807, 2.05) is 12.1 Å². The topological polar surface area (TPSA) is 54.5 Å². The predicted octanol–water partition coefficient (Wildman–Crippen LogP) is 4.61. The molecule has 4 rings (SSSR count). The average Bonchev–Trinajstić information content (AvgIpc) is 2.59. The number of hydrogen-bond acceptors (Lipinski definition) is 3. The standard InChI is InChI=1S/C20H12BrNO3/c1-11(23)12-5-7-15(8-6-12)22-19(24)16-4-2-3-13-9-14(21)10-17(18(13)16)20(22)25/h2-10H,1H3. The lowest BCUT2D eigenvalue weighted by molar-refractivity contribution is 0.0892. The minimum atomic E-state index is -0.370. The summed E-state index contributed by atoms with van der Waals surface area (Å²) in [7, 11) is 0. The van der Waals surface area contributed by atoms with Crippen molar-refractivity contribution < 1.29 is 14.4 Å². The van der Waals surface area contributed by atoms with Gasteiger partial charge in [-0.15, -0.1) is 0 Å². The Morgan fingerprint density at radius 3 is 2.28 bits per heavy atom. The number of imide groups is 1. The molecule has 0 saturated heterocycles. The third kappa shape index (κ3) is 2.39. The summed E-state index contributed by atoms with van der Waals surface area (Å²) >= 11 is 3.42. The van der Waals surface area contributed by atoms with Crippen LogP contribution in [-0.4, -0.2) is 17.6 Å². The number of anilines is 1. The van der Waals surface area contributed by atoms with Crippen molar-refractivity contribution in [2.24, 2.45) is 0 Å². The highest BCUT2D eigenvalue weighted by atomic mass is 79.9. The Bertz CT molecular complexity index is 1070. The maximum atomic E-state index is 13.0. The number of halogens is 1. The van der Waals surface area contributed by atoms with Gasteiger partial charge in [0.2, 0.25) is 0 Å². The van der Waals surface area contributed by atoms with Crippen LogP contribution < -0.4 is 4.90 Å². The SMILES string of the molecule is CC(=O)c1ccc(N2C(=O)c3cccc4cc(Br)cc(c34)C2=O)cc1. The molecule has 0 spiro atoms. The van der Waals surface area contributed by atoms with Crippen LogP contribution in [0.15, 0.2) is 59.1 Å². The molecule has 0 aromatic heterocycles. The summed E-state index contributed by atoms with van der Waals surface area (Å²) in [6, 6.07) is 15.5. The van der Waals surface area contributed by atoms with Crippen molar-refractivity contribution in [2.75, 3.05) is 4.90 Å². The first kappa shape index (κ1) is 15.7. The summed E-state index contributed by atoms with van der Waals surface area (Å²) in [5.41, 5.74) is 1.96. The molecule has 122 valence electrons. The van der Waals surface area contributed by atoms with Crippen molar-refractivity contribution in [3.05, 3.63) is 75.8 Å². The number of nitrogens with zero attached hydrogens (tertiary/aromatic N) is 1. The Morgan fingerprint density at radius 1 is 0.920 bits per heavy atom. The maximum Gasteiger partial charge on any atom is 0.266 e. The number of carbonyl (C=O) groups excluding carboxylic acids is 3. The minimum Gasteiger partial charge on any atom is -0.295 e. The predicted molar refractivity (Wildman–Crippen MR) is 99.2 cm³/mol. The van der Waals surface area contributed by atoms with E-state index in [1.54, 1.807) is 42.5 Å². The number of rotatable bonds is 2. The lowest BCUT2D eigenvalue weighted by Gasteiger charge is -2.27. The fourth-order valence-corrected chi connectivity index (χ4v) is 3.63. The largest absolute Gasteiger partial charge is 0.295 e. The number of hydrogen-bond donors (Lipinski definition) is 0. The van der Waals surface area contributed by atoms with Gasteiger partial charge in [0.25, 0.3) is 11.8 Å². The van der Waals surface area contributed by atoms with Gasteiger partial charge in [0.05, 0.1) is 11.3 Å². The van der Waals surface area contributed by atoms with E-state index in [0.29, 0.717) is 27.8 Å². The molecular formula is C20H12BrNO3. The third-order valence-corrected chi connectivity index (χ3v) is 4.80. The van der Waals surface area contributed by atoms with Gasteiger partial charge in [-0.25, -0.2) is 4.90 Å². The van der Waals surface area contributed by atoms with Gasteiger partial charge in [-0.05, 0) is 54.8 Å². The summed E-state index contributed by atoms with van der Waals surface area (Å²) in [6.45, 7) is 1.47. The Hall–Kier alpha value is -2.79. The van der Waals surface area contributed by atoms with E-state index in [2.05, 4.69) is 15.9 Å². The second-order valence-electron chi connectivity index (χ2n) is 5.91. The fraction of sp³-hybridized carbons (Fsp3) is 0.0500. The number of ketones is 1. The summed E-state index contributed by atoms with van der Waals surface area (Å²) in [5, 5.41) is 1.52. The Labute approximate surface area is 152 Å². The van der Waals surface area contributed by atoms with Gasteiger partial charge >= 0.3 is 0 Å². The van der Waals surface area contributed by atoms with E-state index < -0.39 is 0 Å². The lowest BCUT2D eigenvalue weighted by Crippen LogP contribution is -2.40. The van der Waals surface area contributed by atoms with Gasteiger partial charge in [0, 0.05) is 21.0 Å². The second kappa shape index (κ2) is 5.63. The second-order valence-corrected chi connectivity index (χ2v) is 6.82. The number of Topliss-reactive ketones (excluding diaryl/α,β-unsaturated/α-hetero) is 1. The van der Waals surface area contributed by atoms with E-state index in [-0.39, 0.29) is 17.6 Å². The van der Waals surface area contributed by atoms with Crippen LogP contribution in [0.25, 0.3) is 10.8 Å². The molecule has 1 aliphatic heterocycles. The molecule has 25 heavy (non-hydrogen) atoms. The van der Waals surface area contributed by atoms with Crippen LogP contribution in [0.4, 0.5) is 5.69 Å². The molecule has 1 aliphatic rings. The van der Waals surface area contributed by atoms with Gasteiger partial charge in [0.1, 0.15) is 0 Å². The molecule has 0 unspecified atom stereocenters. The molecule has 0 radical (unpaired) electrons. The van der Waals surface area contributed by atoms with Gasteiger partial charge in [-0.1, -0.05) is 28.1 Å². The van der Waals surface area contributed by atoms with Gasteiger partial charge in [0.15, 0.2) is 5.78 Å². The molecule has 0 N–H and O–H groups in total. The van der Waals surface area contributed by atoms with Gasteiger partial charge in [-0.2, -0.15) is 0 Å². The number of carbonyl (C=O) groups is 3. The molecule has 0 aliphatic carbocycles. The molecule has 0 saturated carbocycles. The number of amides is 2. The van der Waals surface area contributed by atoms with E-state index in [4.69, 9.17) is 0 Å². The van der Waals surface area contributed by atoms with Crippen LogP contribution in [-0.2, 0) is 0 Å². The highest BCUT2D eigenvalue weighted by molar-refractivity contribution is 9.10. The zero-order chi connectivity index (χ0) is 17.7. The Balaban J connectivity index is 1.91. The number of benzene rings is 3. The quantitative estimate of drug-likeness (QED) is 0.471. The zero-order valence-corrected chi connectivity index (χ0v) is 14.8. The van der Waals surface area contributed by atoms with Crippen LogP contribution in [0.2, 0.25) is 0 Å². The monoisotopic (exact) mass is 393 g/mol. The third-order valence-electron chi connectivity index (χ3n) is 4.34. The summed E-state index contributed by atoms with van der Waals surface area (Å²) < 4.78 is 0.779. The van der Waals surface area contributed by atoms with E-state index in [0.717, 1.165) is 14.8 Å². The molecule has 0 bridgehead atoms. The summed E-state index contributed by atoms with van der Waals surface area (Å²) in [4.78, 5) is 38.5. The Morgan fingerprint density at radius 2 is 1.60 bits per heavy atom. The summed E-state index contributed by atoms with van der Waals surface area (Å²) in [5.74, 6) is -0.798. The van der Waals surface area contributed by atoms with Crippen LogP contribution in [0, 0.1) is 0 Å². The van der Waals surface area contributed by atoms with Crippen LogP contribution in [0.3, 0.4) is 0 Å². The van der Waals surface area contributed by atoms with Crippen molar-refractivity contribution in [1.29, 1.82) is 0 Å². The zero-order valence-electron chi connectivity index (χ0n) is 13.2. The van der Waals surface area contributed by atoms with Crippen LogP contribution in [0.1, 0.15) is 38.0 Å². The van der Waals surface area contributed by atoms with Crippen molar-refractivity contribution in [3.63, 3.8) is 0 Å². The first-order valence-corrected chi connectivity index (χ1v) is 8.49. The average molecular weight is 394 g/mol. The maximum absolute atomic E-state index is 13.0. The van der Waals surface area contributed by atoms with Crippen molar-refractivity contribution in [3.8, 4) is 0 Å². The molecule has 3 aromatic carbocycles. The minimum absolute atomic E-state index is 0.0677. The van der Waals surface area contributed by atoms with E-state index in [9.17, 15) is 14.4 Å². The fourth-order valence-electron chi connectivity index (χ4n) is 3.15. The molecular weight excluding hydrogens is 382 g/mol. The molecule has 0 atom stereocenters. The van der Waals surface area contributed by atoms with Crippen LogP contribution in [0.5, 0.6) is 0 Å². The van der Waals surface area contributed by atoms with E-state index in [1.165, 1.54) is 6.92 Å². The smallest absolute Gasteiger partial charge is 0.266 e. The van der Waals surface area contributed by atoms with Gasteiger partial charge < -0.3 is 0 Å². The van der Waals surface area contributed by atoms with Gasteiger partial charge in [-0.3, -0.25) is 14.4 Å². The van der Waals surface area contributed by atoms with Crippen molar-refractivity contribution in [1.82, 2.24) is 0 Å².